The van der Waals surface area contributed by atoms with E-state index >= 15 is 0 Å². The molecule has 3 nitrogen and oxygen atoms in total. The summed E-state index contributed by atoms with van der Waals surface area (Å²) in [5.41, 5.74) is 2.29. The zero-order chi connectivity index (χ0) is 13.0. The third-order valence-corrected chi connectivity index (χ3v) is 3.81. The molecule has 1 heterocycles. The summed E-state index contributed by atoms with van der Waals surface area (Å²) in [6.45, 7) is 4.42. The van der Waals surface area contributed by atoms with Crippen LogP contribution in [0.15, 0.2) is 18.0 Å². The molecule has 1 aliphatic carbocycles. The number of hydrogen-bond donors (Lipinski definition) is 1. The first kappa shape index (κ1) is 13.3. The first-order valence-electron chi connectivity index (χ1n) is 7.06. The van der Waals surface area contributed by atoms with E-state index < -0.39 is 0 Å². The Bertz CT molecular complexity index is 400. The number of aliphatic hydroxyl groups is 1. The fourth-order valence-corrected chi connectivity index (χ4v) is 2.69. The molecule has 0 amide bonds. The van der Waals surface area contributed by atoms with E-state index in [0.29, 0.717) is 12.0 Å². The Morgan fingerprint density at radius 1 is 1.44 bits per heavy atom. The van der Waals surface area contributed by atoms with Crippen molar-refractivity contribution in [3.63, 3.8) is 0 Å². The Hall–Kier alpha value is -1.09. The molecule has 0 bridgehead atoms. The molecule has 18 heavy (non-hydrogen) atoms. The standard InChI is InChI=1S/C15H24N2O/c1-12(2)17-10-13(9-16-17)8-15(11-18)14-6-4-3-5-7-14/h8-10,12,14,18H,3-7,11H2,1-2H3/b15-8-. The summed E-state index contributed by atoms with van der Waals surface area (Å²) in [7, 11) is 0. The highest BCUT2D eigenvalue weighted by Gasteiger charge is 2.17. The van der Waals surface area contributed by atoms with E-state index in [4.69, 9.17) is 0 Å². The van der Waals surface area contributed by atoms with Crippen molar-refractivity contribution in [1.29, 1.82) is 0 Å². The summed E-state index contributed by atoms with van der Waals surface area (Å²) in [5, 5.41) is 13.9. The highest BCUT2D eigenvalue weighted by atomic mass is 16.3. The van der Waals surface area contributed by atoms with Crippen LogP contribution in [0.5, 0.6) is 0 Å². The van der Waals surface area contributed by atoms with Gasteiger partial charge >= 0.3 is 0 Å². The lowest BCUT2D eigenvalue weighted by Crippen LogP contribution is -2.11. The summed E-state index contributed by atoms with van der Waals surface area (Å²) in [6, 6.07) is 0.388. The fraction of sp³-hybridized carbons (Fsp3) is 0.667. The number of hydrogen-bond acceptors (Lipinski definition) is 2. The lowest BCUT2D eigenvalue weighted by molar-refractivity contribution is 0.295. The highest BCUT2D eigenvalue weighted by Crippen LogP contribution is 2.30. The maximum atomic E-state index is 9.56. The van der Waals surface area contributed by atoms with E-state index in [2.05, 4.69) is 31.2 Å². The molecule has 1 N–H and O–H groups in total. The van der Waals surface area contributed by atoms with Crippen LogP contribution in [0, 0.1) is 5.92 Å². The van der Waals surface area contributed by atoms with Crippen LogP contribution in [-0.4, -0.2) is 21.5 Å². The van der Waals surface area contributed by atoms with E-state index in [1.54, 1.807) is 0 Å². The lowest BCUT2D eigenvalue weighted by Gasteiger charge is -2.23. The average Bonchev–Trinajstić information content (AvgIpc) is 2.86. The van der Waals surface area contributed by atoms with Crippen molar-refractivity contribution >= 4 is 6.08 Å². The minimum Gasteiger partial charge on any atom is -0.392 e. The molecule has 1 aliphatic rings. The first-order valence-corrected chi connectivity index (χ1v) is 7.06. The average molecular weight is 248 g/mol. The van der Waals surface area contributed by atoms with Crippen molar-refractivity contribution < 1.29 is 5.11 Å². The van der Waals surface area contributed by atoms with E-state index in [-0.39, 0.29) is 6.61 Å². The SMILES string of the molecule is CC(C)n1cc(/C=C(/CO)C2CCCCC2)cn1. The van der Waals surface area contributed by atoms with Gasteiger partial charge in [-0.2, -0.15) is 5.10 Å². The minimum atomic E-state index is 0.178. The second kappa shape index (κ2) is 6.19. The summed E-state index contributed by atoms with van der Waals surface area (Å²) < 4.78 is 1.96. The Morgan fingerprint density at radius 2 is 2.17 bits per heavy atom. The second-order valence-corrected chi connectivity index (χ2v) is 5.56. The largest absolute Gasteiger partial charge is 0.392 e. The fourth-order valence-electron chi connectivity index (χ4n) is 2.69. The van der Waals surface area contributed by atoms with Crippen molar-refractivity contribution in [2.24, 2.45) is 5.92 Å². The molecule has 0 radical (unpaired) electrons. The van der Waals surface area contributed by atoms with Crippen LogP contribution in [-0.2, 0) is 0 Å². The van der Waals surface area contributed by atoms with Gasteiger partial charge in [0.1, 0.15) is 0 Å². The third kappa shape index (κ3) is 3.22. The van der Waals surface area contributed by atoms with Gasteiger partial charge in [0.25, 0.3) is 0 Å². The van der Waals surface area contributed by atoms with Gasteiger partial charge in [-0.3, -0.25) is 4.68 Å². The van der Waals surface area contributed by atoms with Gasteiger partial charge in [-0.25, -0.2) is 0 Å². The Morgan fingerprint density at radius 3 is 2.72 bits per heavy atom. The van der Waals surface area contributed by atoms with Gasteiger partial charge in [-0.1, -0.05) is 25.3 Å². The lowest BCUT2D eigenvalue weighted by atomic mass is 9.83. The van der Waals surface area contributed by atoms with Crippen molar-refractivity contribution in [1.82, 2.24) is 9.78 Å². The molecule has 1 aromatic rings. The minimum absolute atomic E-state index is 0.178. The quantitative estimate of drug-likeness (QED) is 0.886. The molecule has 0 atom stereocenters. The number of nitrogens with zero attached hydrogens (tertiary/aromatic N) is 2. The predicted molar refractivity (Wildman–Crippen MR) is 74.2 cm³/mol. The van der Waals surface area contributed by atoms with Gasteiger partial charge in [-0.15, -0.1) is 0 Å². The third-order valence-electron chi connectivity index (χ3n) is 3.81. The first-order chi connectivity index (χ1) is 8.70. The Labute approximate surface area is 110 Å². The number of aromatic nitrogens is 2. The molecule has 1 fully saturated rings. The number of rotatable bonds is 4. The highest BCUT2D eigenvalue weighted by molar-refractivity contribution is 5.51. The molecule has 0 unspecified atom stereocenters. The molecule has 0 spiro atoms. The van der Waals surface area contributed by atoms with Crippen molar-refractivity contribution in [3.05, 3.63) is 23.5 Å². The topological polar surface area (TPSA) is 38.0 Å². The van der Waals surface area contributed by atoms with Gasteiger partial charge < -0.3 is 5.11 Å². The van der Waals surface area contributed by atoms with Crippen molar-refractivity contribution in [2.75, 3.05) is 6.61 Å². The Kier molecular flexibility index (Phi) is 4.59. The number of aliphatic hydroxyl groups excluding tert-OH is 1. The van der Waals surface area contributed by atoms with Gasteiger partial charge in [0.05, 0.1) is 12.8 Å². The monoisotopic (exact) mass is 248 g/mol. The summed E-state index contributed by atoms with van der Waals surface area (Å²) in [4.78, 5) is 0. The molecular weight excluding hydrogens is 224 g/mol. The zero-order valence-corrected chi connectivity index (χ0v) is 11.5. The summed E-state index contributed by atoms with van der Waals surface area (Å²) in [5.74, 6) is 0.575. The van der Waals surface area contributed by atoms with Gasteiger partial charge in [0.15, 0.2) is 0 Å². The van der Waals surface area contributed by atoms with Crippen LogP contribution in [0.4, 0.5) is 0 Å². The predicted octanol–water partition coefficient (Wildman–Crippen LogP) is 3.42. The maximum Gasteiger partial charge on any atom is 0.0647 e. The molecule has 0 aromatic carbocycles. The Balaban J connectivity index is 2.11. The molecule has 100 valence electrons. The molecular formula is C15H24N2O. The van der Waals surface area contributed by atoms with Crippen molar-refractivity contribution in [3.8, 4) is 0 Å². The molecule has 0 saturated heterocycles. The van der Waals surface area contributed by atoms with Crippen LogP contribution in [0.25, 0.3) is 6.08 Å². The molecule has 3 heteroatoms. The van der Waals surface area contributed by atoms with Gasteiger partial charge in [0.2, 0.25) is 0 Å². The van der Waals surface area contributed by atoms with Crippen LogP contribution in [0.3, 0.4) is 0 Å². The van der Waals surface area contributed by atoms with E-state index in [9.17, 15) is 5.11 Å². The van der Waals surface area contributed by atoms with E-state index in [1.165, 1.54) is 37.7 Å². The van der Waals surface area contributed by atoms with Crippen LogP contribution < -0.4 is 0 Å². The smallest absolute Gasteiger partial charge is 0.0647 e. The summed E-state index contributed by atoms with van der Waals surface area (Å²) in [6.07, 6.45) is 12.5. The second-order valence-electron chi connectivity index (χ2n) is 5.56. The van der Waals surface area contributed by atoms with E-state index in [0.717, 1.165) is 5.56 Å². The normalized spacial score (nSPS) is 18.6. The van der Waals surface area contributed by atoms with Gasteiger partial charge in [-0.05, 0) is 38.2 Å². The van der Waals surface area contributed by atoms with Crippen molar-refractivity contribution in [2.45, 2.75) is 52.0 Å². The molecule has 1 saturated carbocycles. The maximum absolute atomic E-state index is 9.56. The molecule has 1 aromatic heterocycles. The zero-order valence-electron chi connectivity index (χ0n) is 11.5. The van der Waals surface area contributed by atoms with Crippen LogP contribution in [0.1, 0.15) is 57.6 Å². The van der Waals surface area contributed by atoms with E-state index in [1.807, 2.05) is 10.9 Å². The van der Waals surface area contributed by atoms with Crippen LogP contribution in [0.2, 0.25) is 0 Å². The molecule has 2 rings (SSSR count). The van der Waals surface area contributed by atoms with Gasteiger partial charge in [0, 0.05) is 17.8 Å². The summed E-state index contributed by atoms with van der Waals surface area (Å²) >= 11 is 0. The van der Waals surface area contributed by atoms with Crippen LogP contribution >= 0.6 is 0 Å². The molecule has 0 aliphatic heterocycles.